The van der Waals surface area contributed by atoms with Crippen LogP contribution in [0.5, 0.6) is 0 Å². The van der Waals surface area contributed by atoms with Gasteiger partial charge in [0.05, 0.1) is 6.61 Å². The van der Waals surface area contributed by atoms with Gasteiger partial charge in [-0.15, -0.1) is 0 Å². The Balaban J connectivity index is 1.82. The molecule has 0 unspecified atom stereocenters. The van der Waals surface area contributed by atoms with Crippen molar-refractivity contribution < 1.29 is 9.84 Å². The lowest BCUT2D eigenvalue weighted by atomic mass is 10.1. The molecule has 1 aromatic rings. The van der Waals surface area contributed by atoms with Gasteiger partial charge in [0.1, 0.15) is 0 Å². The summed E-state index contributed by atoms with van der Waals surface area (Å²) in [5, 5.41) is 8.63. The highest BCUT2D eigenvalue weighted by molar-refractivity contribution is 5.03. The monoisotopic (exact) mass is 251 g/mol. The summed E-state index contributed by atoms with van der Waals surface area (Å²) in [5.41, 5.74) is 1.10. The van der Waals surface area contributed by atoms with Crippen LogP contribution < -0.4 is 0 Å². The third-order valence-corrected chi connectivity index (χ3v) is 2.93. The standard InChI is InChI=1S/C15H25NO2/c17-12-7-3-1-2-4-8-13-18-14-10-15-9-5-6-11-16-15/h5-6,9,11,17H,1-4,7-8,10,12-14H2. The Morgan fingerprint density at radius 2 is 1.72 bits per heavy atom. The minimum absolute atomic E-state index is 0.330. The van der Waals surface area contributed by atoms with Crippen molar-refractivity contribution in [1.29, 1.82) is 0 Å². The first-order valence-corrected chi connectivity index (χ1v) is 7.02. The number of aliphatic hydroxyl groups excluding tert-OH is 1. The molecule has 18 heavy (non-hydrogen) atoms. The average molecular weight is 251 g/mol. The number of nitrogens with zero attached hydrogens (tertiary/aromatic N) is 1. The molecule has 1 aromatic heterocycles. The largest absolute Gasteiger partial charge is 0.396 e. The number of pyridine rings is 1. The van der Waals surface area contributed by atoms with Crippen molar-refractivity contribution >= 4 is 0 Å². The van der Waals surface area contributed by atoms with E-state index in [2.05, 4.69) is 4.98 Å². The Hall–Kier alpha value is -0.930. The van der Waals surface area contributed by atoms with Crippen molar-refractivity contribution in [2.24, 2.45) is 0 Å². The first-order valence-electron chi connectivity index (χ1n) is 7.02. The lowest BCUT2D eigenvalue weighted by Crippen LogP contribution is -2.01. The lowest BCUT2D eigenvalue weighted by Gasteiger charge is -2.04. The van der Waals surface area contributed by atoms with Crippen LogP contribution in [0.25, 0.3) is 0 Å². The van der Waals surface area contributed by atoms with E-state index < -0.39 is 0 Å². The van der Waals surface area contributed by atoms with Crippen LogP contribution in [-0.4, -0.2) is 29.9 Å². The molecule has 1 N–H and O–H groups in total. The smallest absolute Gasteiger partial charge is 0.0521 e. The second kappa shape index (κ2) is 11.2. The first-order chi connectivity index (χ1) is 8.93. The highest BCUT2D eigenvalue weighted by Crippen LogP contribution is 2.05. The van der Waals surface area contributed by atoms with Crippen molar-refractivity contribution in [2.45, 2.75) is 44.9 Å². The van der Waals surface area contributed by atoms with E-state index in [0.29, 0.717) is 6.61 Å². The molecular weight excluding hydrogens is 226 g/mol. The zero-order chi connectivity index (χ0) is 12.9. The number of unbranched alkanes of at least 4 members (excludes halogenated alkanes) is 5. The Labute approximate surface area is 110 Å². The molecule has 0 atom stereocenters. The van der Waals surface area contributed by atoms with E-state index in [1.54, 1.807) is 0 Å². The van der Waals surface area contributed by atoms with Crippen molar-refractivity contribution in [3.05, 3.63) is 30.1 Å². The molecule has 0 aliphatic rings. The molecule has 0 saturated heterocycles. The lowest BCUT2D eigenvalue weighted by molar-refractivity contribution is 0.132. The molecule has 0 saturated carbocycles. The molecule has 0 fully saturated rings. The summed E-state index contributed by atoms with van der Waals surface area (Å²) >= 11 is 0. The van der Waals surface area contributed by atoms with Crippen molar-refractivity contribution in [3.8, 4) is 0 Å². The fourth-order valence-corrected chi connectivity index (χ4v) is 1.85. The fourth-order valence-electron chi connectivity index (χ4n) is 1.85. The third-order valence-electron chi connectivity index (χ3n) is 2.93. The zero-order valence-corrected chi connectivity index (χ0v) is 11.2. The van der Waals surface area contributed by atoms with Crippen LogP contribution in [0.1, 0.15) is 44.2 Å². The molecule has 0 radical (unpaired) electrons. The van der Waals surface area contributed by atoms with Gasteiger partial charge in [0.2, 0.25) is 0 Å². The quantitative estimate of drug-likeness (QED) is 0.615. The van der Waals surface area contributed by atoms with E-state index in [-0.39, 0.29) is 0 Å². The SMILES string of the molecule is OCCCCCCCCOCCc1ccccn1. The van der Waals surface area contributed by atoms with Crippen LogP contribution in [0, 0.1) is 0 Å². The van der Waals surface area contributed by atoms with E-state index in [9.17, 15) is 0 Å². The second-order valence-electron chi connectivity index (χ2n) is 4.53. The summed E-state index contributed by atoms with van der Waals surface area (Å²) in [4.78, 5) is 4.25. The van der Waals surface area contributed by atoms with Crippen molar-refractivity contribution in [2.75, 3.05) is 19.8 Å². The van der Waals surface area contributed by atoms with E-state index in [1.165, 1.54) is 19.3 Å². The Bertz CT molecular complexity index is 277. The molecule has 1 heterocycles. The Morgan fingerprint density at radius 1 is 0.944 bits per heavy atom. The number of aliphatic hydroxyl groups is 1. The molecule has 3 nitrogen and oxygen atoms in total. The summed E-state index contributed by atoms with van der Waals surface area (Å²) in [6.45, 7) is 1.95. The highest BCUT2D eigenvalue weighted by atomic mass is 16.5. The van der Waals surface area contributed by atoms with Gasteiger partial charge in [-0.3, -0.25) is 4.98 Å². The maximum Gasteiger partial charge on any atom is 0.0521 e. The van der Waals surface area contributed by atoms with Crippen LogP contribution >= 0.6 is 0 Å². The van der Waals surface area contributed by atoms with E-state index >= 15 is 0 Å². The molecular formula is C15H25NO2. The maximum atomic E-state index is 8.63. The molecule has 0 amide bonds. The summed E-state index contributed by atoms with van der Waals surface area (Å²) < 4.78 is 5.59. The normalized spacial score (nSPS) is 10.7. The summed E-state index contributed by atoms with van der Waals surface area (Å²) in [6, 6.07) is 5.97. The minimum atomic E-state index is 0.330. The number of ether oxygens (including phenoxy) is 1. The van der Waals surface area contributed by atoms with Crippen molar-refractivity contribution in [3.63, 3.8) is 0 Å². The van der Waals surface area contributed by atoms with Crippen LogP contribution in [0.15, 0.2) is 24.4 Å². The first kappa shape index (κ1) is 15.1. The van der Waals surface area contributed by atoms with Gasteiger partial charge in [-0.1, -0.05) is 31.7 Å². The fraction of sp³-hybridized carbons (Fsp3) is 0.667. The number of aromatic nitrogens is 1. The van der Waals surface area contributed by atoms with Gasteiger partial charge in [-0.2, -0.15) is 0 Å². The third kappa shape index (κ3) is 8.20. The highest BCUT2D eigenvalue weighted by Gasteiger charge is 1.94. The molecule has 3 heteroatoms. The minimum Gasteiger partial charge on any atom is -0.396 e. The van der Waals surface area contributed by atoms with Gasteiger partial charge in [-0.05, 0) is 25.0 Å². The predicted molar refractivity (Wildman–Crippen MR) is 73.5 cm³/mol. The molecule has 102 valence electrons. The van der Waals surface area contributed by atoms with E-state index in [1.807, 2.05) is 24.4 Å². The van der Waals surface area contributed by atoms with Crippen LogP contribution in [0.3, 0.4) is 0 Å². The van der Waals surface area contributed by atoms with Gasteiger partial charge in [-0.25, -0.2) is 0 Å². The Kier molecular flexibility index (Phi) is 9.39. The molecule has 0 aliphatic heterocycles. The van der Waals surface area contributed by atoms with Crippen LogP contribution in [-0.2, 0) is 11.2 Å². The second-order valence-corrected chi connectivity index (χ2v) is 4.53. The van der Waals surface area contributed by atoms with E-state index in [4.69, 9.17) is 9.84 Å². The topological polar surface area (TPSA) is 42.4 Å². The van der Waals surface area contributed by atoms with Crippen molar-refractivity contribution in [1.82, 2.24) is 4.98 Å². The summed E-state index contributed by atoms with van der Waals surface area (Å²) in [7, 11) is 0. The van der Waals surface area contributed by atoms with E-state index in [0.717, 1.165) is 44.6 Å². The molecule has 0 aromatic carbocycles. The zero-order valence-electron chi connectivity index (χ0n) is 11.2. The van der Waals surface area contributed by atoms with Gasteiger partial charge < -0.3 is 9.84 Å². The predicted octanol–water partition coefficient (Wildman–Crippen LogP) is 2.97. The Morgan fingerprint density at radius 3 is 2.44 bits per heavy atom. The van der Waals surface area contributed by atoms with Gasteiger partial charge >= 0.3 is 0 Å². The van der Waals surface area contributed by atoms with Gasteiger partial charge in [0.15, 0.2) is 0 Å². The molecule has 0 spiro atoms. The number of hydrogen-bond acceptors (Lipinski definition) is 3. The maximum absolute atomic E-state index is 8.63. The summed E-state index contributed by atoms with van der Waals surface area (Å²) in [5.74, 6) is 0. The summed E-state index contributed by atoms with van der Waals surface area (Å²) in [6.07, 6.45) is 9.67. The number of rotatable bonds is 11. The molecule has 0 bridgehead atoms. The average Bonchev–Trinajstić information content (AvgIpc) is 2.42. The van der Waals surface area contributed by atoms with Crippen LogP contribution in [0.2, 0.25) is 0 Å². The van der Waals surface area contributed by atoms with Crippen LogP contribution in [0.4, 0.5) is 0 Å². The molecule has 1 rings (SSSR count). The van der Waals surface area contributed by atoms with Gasteiger partial charge in [0, 0.05) is 31.5 Å². The number of hydrogen-bond donors (Lipinski definition) is 1. The van der Waals surface area contributed by atoms with Gasteiger partial charge in [0.25, 0.3) is 0 Å². The molecule has 0 aliphatic carbocycles.